The molecule has 1 aromatic rings. The number of likely N-dealkylation sites (tertiary alicyclic amines) is 1. The first-order chi connectivity index (χ1) is 8.18. The molecule has 1 heterocycles. The average Bonchev–Trinajstić information content (AvgIpc) is 2.77. The second kappa shape index (κ2) is 5.25. The minimum absolute atomic E-state index is 0.356. The monoisotopic (exact) mass is 236 g/mol. The van der Waals surface area contributed by atoms with E-state index in [4.69, 9.17) is 0 Å². The Morgan fingerprint density at radius 2 is 2.18 bits per heavy atom. The molecule has 2 rings (SSSR count). The SMILES string of the molecule is O=[N+]([O-])[C@H](O)[C@@H]1CCCN1Cc1ccccc1. The Hall–Kier alpha value is -1.46. The molecule has 1 fully saturated rings. The summed E-state index contributed by atoms with van der Waals surface area (Å²) in [4.78, 5) is 12.0. The molecule has 0 bridgehead atoms. The zero-order chi connectivity index (χ0) is 12.3. The van der Waals surface area contributed by atoms with Crippen molar-refractivity contribution in [2.45, 2.75) is 31.7 Å². The van der Waals surface area contributed by atoms with Gasteiger partial charge >= 0.3 is 6.23 Å². The number of aliphatic hydroxyl groups excluding tert-OH is 1. The average molecular weight is 236 g/mol. The maximum atomic E-state index is 10.6. The molecule has 1 aromatic carbocycles. The van der Waals surface area contributed by atoms with E-state index in [2.05, 4.69) is 0 Å². The molecule has 5 heteroatoms. The summed E-state index contributed by atoms with van der Waals surface area (Å²) in [6.07, 6.45) is 0.124. The molecular weight excluding hydrogens is 220 g/mol. The number of benzene rings is 1. The van der Waals surface area contributed by atoms with Crippen LogP contribution in [0.1, 0.15) is 18.4 Å². The Kier molecular flexibility index (Phi) is 3.71. The lowest BCUT2D eigenvalue weighted by molar-refractivity contribution is -0.578. The minimum Gasteiger partial charge on any atom is -0.332 e. The van der Waals surface area contributed by atoms with Crippen molar-refractivity contribution in [3.8, 4) is 0 Å². The van der Waals surface area contributed by atoms with E-state index in [1.807, 2.05) is 35.2 Å². The van der Waals surface area contributed by atoms with Crippen molar-refractivity contribution in [1.29, 1.82) is 0 Å². The zero-order valence-electron chi connectivity index (χ0n) is 9.53. The van der Waals surface area contributed by atoms with Gasteiger partial charge in [0.25, 0.3) is 0 Å². The summed E-state index contributed by atoms with van der Waals surface area (Å²) in [5, 5.41) is 20.1. The molecule has 1 aliphatic rings. The van der Waals surface area contributed by atoms with E-state index in [1.54, 1.807) is 0 Å². The highest BCUT2D eigenvalue weighted by atomic mass is 16.7. The summed E-state index contributed by atoms with van der Waals surface area (Å²) >= 11 is 0. The van der Waals surface area contributed by atoms with Crippen LogP contribution >= 0.6 is 0 Å². The lowest BCUT2D eigenvalue weighted by Gasteiger charge is -2.23. The molecule has 5 nitrogen and oxygen atoms in total. The van der Waals surface area contributed by atoms with Gasteiger partial charge in [-0.1, -0.05) is 30.3 Å². The minimum atomic E-state index is -1.47. The second-order valence-electron chi connectivity index (χ2n) is 4.36. The van der Waals surface area contributed by atoms with Crippen LogP contribution < -0.4 is 0 Å². The number of hydrogen-bond acceptors (Lipinski definition) is 4. The Labute approximate surface area is 99.8 Å². The standard InChI is InChI=1S/C12H16N2O3/c15-12(14(16)17)11-7-4-8-13(11)9-10-5-2-1-3-6-10/h1-3,5-6,11-12,15H,4,7-9H2/t11-,12+/m0/s1. The van der Waals surface area contributed by atoms with E-state index in [0.717, 1.165) is 18.5 Å². The van der Waals surface area contributed by atoms with Gasteiger partial charge in [-0.3, -0.25) is 15.0 Å². The van der Waals surface area contributed by atoms with Crippen LogP contribution in [0.25, 0.3) is 0 Å². The second-order valence-corrected chi connectivity index (χ2v) is 4.36. The van der Waals surface area contributed by atoms with Gasteiger partial charge in [-0.05, 0) is 24.9 Å². The molecular formula is C12H16N2O3. The van der Waals surface area contributed by atoms with Crippen LogP contribution in [-0.4, -0.2) is 33.7 Å². The third kappa shape index (κ3) is 2.81. The molecule has 0 saturated carbocycles. The highest BCUT2D eigenvalue weighted by Gasteiger charge is 2.37. The quantitative estimate of drug-likeness (QED) is 0.485. The third-order valence-electron chi connectivity index (χ3n) is 3.20. The summed E-state index contributed by atoms with van der Waals surface area (Å²) in [5.74, 6) is 0. The fraction of sp³-hybridized carbons (Fsp3) is 0.500. The van der Waals surface area contributed by atoms with Gasteiger partial charge in [-0.2, -0.15) is 0 Å². The molecule has 0 unspecified atom stereocenters. The van der Waals surface area contributed by atoms with Crippen molar-refractivity contribution in [3.05, 3.63) is 46.0 Å². The summed E-state index contributed by atoms with van der Waals surface area (Å²) in [6, 6.07) is 9.47. The Morgan fingerprint density at radius 1 is 1.47 bits per heavy atom. The van der Waals surface area contributed by atoms with E-state index >= 15 is 0 Å². The predicted octanol–water partition coefficient (Wildman–Crippen LogP) is 1.25. The van der Waals surface area contributed by atoms with E-state index in [0.29, 0.717) is 13.0 Å². The fourth-order valence-electron chi connectivity index (χ4n) is 2.34. The van der Waals surface area contributed by atoms with Gasteiger partial charge < -0.3 is 5.11 Å². The smallest absolute Gasteiger partial charge is 0.328 e. The van der Waals surface area contributed by atoms with Crippen LogP contribution in [0, 0.1) is 10.1 Å². The van der Waals surface area contributed by atoms with Gasteiger partial charge in [0.05, 0.1) is 4.92 Å². The summed E-state index contributed by atoms with van der Waals surface area (Å²) < 4.78 is 0. The van der Waals surface area contributed by atoms with E-state index < -0.39 is 11.2 Å². The Balaban J connectivity index is 2.03. The molecule has 0 radical (unpaired) electrons. The van der Waals surface area contributed by atoms with Crippen LogP contribution in [-0.2, 0) is 6.54 Å². The third-order valence-corrected chi connectivity index (χ3v) is 3.20. The summed E-state index contributed by atoms with van der Waals surface area (Å²) in [7, 11) is 0. The molecule has 2 atom stereocenters. The van der Waals surface area contributed by atoms with Crippen molar-refractivity contribution >= 4 is 0 Å². The first-order valence-corrected chi connectivity index (χ1v) is 5.78. The maximum absolute atomic E-state index is 10.6. The summed E-state index contributed by atoms with van der Waals surface area (Å²) in [5.41, 5.74) is 1.12. The lowest BCUT2D eigenvalue weighted by atomic mass is 10.1. The van der Waals surface area contributed by atoms with Crippen LogP contribution in [0.5, 0.6) is 0 Å². The molecule has 0 spiro atoms. The first-order valence-electron chi connectivity index (χ1n) is 5.78. The first kappa shape index (κ1) is 12.0. The van der Waals surface area contributed by atoms with Crippen LogP contribution in [0.4, 0.5) is 0 Å². The van der Waals surface area contributed by atoms with Gasteiger partial charge in [0.2, 0.25) is 0 Å². The number of rotatable bonds is 4. The number of nitrogens with zero attached hydrogens (tertiary/aromatic N) is 2. The molecule has 1 N–H and O–H groups in total. The van der Waals surface area contributed by atoms with Crippen molar-refractivity contribution in [2.75, 3.05) is 6.54 Å². The number of hydrogen-bond donors (Lipinski definition) is 1. The van der Waals surface area contributed by atoms with Gasteiger partial charge in [0.15, 0.2) is 0 Å². The molecule has 0 aromatic heterocycles. The zero-order valence-corrected chi connectivity index (χ0v) is 9.53. The van der Waals surface area contributed by atoms with Gasteiger partial charge in [0.1, 0.15) is 6.04 Å². The van der Waals surface area contributed by atoms with Crippen molar-refractivity contribution in [3.63, 3.8) is 0 Å². The van der Waals surface area contributed by atoms with Gasteiger partial charge in [0, 0.05) is 6.54 Å². The predicted molar refractivity (Wildman–Crippen MR) is 62.9 cm³/mol. The maximum Gasteiger partial charge on any atom is 0.328 e. The highest BCUT2D eigenvalue weighted by Crippen LogP contribution is 2.22. The molecule has 1 saturated heterocycles. The van der Waals surface area contributed by atoms with Gasteiger partial charge in [-0.25, -0.2) is 0 Å². The normalized spacial score (nSPS) is 22.5. The summed E-state index contributed by atoms with van der Waals surface area (Å²) in [6.45, 7) is 1.47. The number of aliphatic hydroxyl groups is 1. The van der Waals surface area contributed by atoms with Gasteiger partial charge in [-0.15, -0.1) is 0 Å². The van der Waals surface area contributed by atoms with Crippen LogP contribution in [0.2, 0.25) is 0 Å². The van der Waals surface area contributed by atoms with Crippen molar-refractivity contribution < 1.29 is 10.0 Å². The molecule has 0 amide bonds. The lowest BCUT2D eigenvalue weighted by Crippen LogP contribution is -2.42. The largest absolute Gasteiger partial charge is 0.332 e. The Morgan fingerprint density at radius 3 is 2.82 bits per heavy atom. The van der Waals surface area contributed by atoms with Crippen molar-refractivity contribution in [1.82, 2.24) is 4.90 Å². The molecule has 17 heavy (non-hydrogen) atoms. The molecule has 1 aliphatic heterocycles. The van der Waals surface area contributed by atoms with E-state index in [-0.39, 0.29) is 6.04 Å². The highest BCUT2D eigenvalue weighted by molar-refractivity contribution is 5.14. The van der Waals surface area contributed by atoms with E-state index in [9.17, 15) is 15.2 Å². The Bertz CT molecular complexity index is 383. The van der Waals surface area contributed by atoms with Crippen LogP contribution in [0.3, 0.4) is 0 Å². The topological polar surface area (TPSA) is 66.6 Å². The van der Waals surface area contributed by atoms with Crippen LogP contribution in [0.15, 0.2) is 30.3 Å². The van der Waals surface area contributed by atoms with E-state index in [1.165, 1.54) is 0 Å². The molecule has 92 valence electrons. The molecule has 0 aliphatic carbocycles. The number of nitro groups is 1. The fourth-order valence-corrected chi connectivity index (χ4v) is 2.34. The van der Waals surface area contributed by atoms with Crippen molar-refractivity contribution in [2.24, 2.45) is 0 Å².